The highest BCUT2D eigenvalue weighted by Gasteiger charge is 1.99. The molecule has 3 nitrogen and oxygen atoms in total. The lowest BCUT2D eigenvalue weighted by atomic mass is 10.3. The van der Waals surface area contributed by atoms with Gasteiger partial charge in [0, 0.05) is 18.4 Å². The number of carbonyl (C=O) groups excluding carboxylic acids is 1. The Bertz CT molecular complexity index is 320. The molecule has 0 amide bonds. The third-order valence-corrected chi connectivity index (χ3v) is 4.08. The molecule has 0 N–H and O–H groups in total. The van der Waals surface area contributed by atoms with E-state index in [9.17, 15) is 4.79 Å². The van der Waals surface area contributed by atoms with E-state index in [-0.39, 0.29) is 5.97 Å². The highest BCUT2D eigenvalue weighted by atomic mass is 33.1. The van der Waals surface area contributed by atoms with Crippen molar-refractivity contribution in [3.63, 3.8) is 0 Å². The number of pyridine rings is 1. The summed E-state index contributed by atoms with van der Waals surface area (Å²) in [7, 11) is 3.24. The second-order valence-electron chi connectivity index (χ2n) is 3.24. The first-order chi connectivity index (χ1) is 8.33. The lowest BCUT2D eigenvalue weighted by molar-refractivity contribution is -0.142. The molecule has 1 aromatic rings. The number of hydrogen-bond acceptors (Lipinski definition) is 5. The molecule has 94 valence electrons. The van der Waals surface area contributed by atoms with Crippen molar-refractivity contribution < 1.29 is 9.53 Å². The summed E-state index contributed by atoms with van der Waals surface area (Å²) in [5.41, 5.74) is 0. The molecule has 0 bridgehead atoms. The van der Waals surface area contributed by atoms with Gasteiger partial charge in [0.05, 0.1) is 0 Å². The van der Waals surface area contributed by atoms with Gasteiger partial charge in [-0.2, -0.15) is 13.3 Å². The highest BCUT2D eigenvalue weighted by molar-refractivity contribution is 8.76. The molecule has 5 heteroatoms. The lowest BCUT2D eigenvalue weighted by Crippen LogP contribution is -2.06. The molecule has 0 saturated heterocycles. The zero-order valence-corrected chi connectivity index (χ0v) is 11.4. The van der Waals surface area contributed by atoms with E-state index in [0.29, 0.717) is 13.0 Å². The van der Waals surface area contributed by atoms with Crippen molar-refractivity contribution >= 4 is 27.6 Å². The molecule has 0 fully saturated rings. The average molecular weight is 270 g/mol. The number of hydrogen-bond donors (Lipinski definition) is 0. The van der Waals surface area contributed by atoms with Gasteiger partial charge in [-0.05, 0) is 22.9 Å². The van der Waals surface area contributed by atoms with Crippen LogP contribution in [0.4, 0.5) is 0 Å². The Balaban J connectivity index is 1.99. The fraction of sp³-hybridized carbons (Fsp3) is 0.417. The standard InChI is InChI=1S/C12H16NO2S2/c1-2-3-7-12(14)15-9-10-16-17-11-6-4-5-8-13-11/h2,4-6,8H,3,7,9-10H2,1H3/q-1. The Morgan fingerprint density at radius 1 is 1.53 bits per heavy atom. The molecule has 1 heterocycles. The monoisotopic (exact) mass is 270 g/mol. The summed E-state index contributed by atoms with van der Waals surface area (Å²) < 4.78 is 5.07. The van der Waals surface area contributed by atoms with Crippen LogP contribution < -0.4 is 0 Å². The third-order valence-electron chi connectivity index (χ3n) is 1.85. The van der Waals surface area contributed by atoms with Crippen molar-refractivity contribution in [2.45, 2.75) is 24.8 Å². The number of rotatable bonds is 8. The predicted octanol–water partition coefficient (Wildman–Crippen LogP) is 3.37. The summed E-state index contributed by atoms with van der Waals surface area (Å²) in [6.45, 7) is 2.40. The van der Waals surface area contributed by atoms with E-state index in [2.05, 4.69) is 4.98 Å². The van der Waals surface area contributed by atoms with Crippen molar-refractivity contribution in [3.05, 3.63) is 30.8 Å². The molecule has 1 rings (SSSR count). The largest absolute Gasteiger partial charge is 0.465 e. The first-order valence-electron chi connectivity index (χ1n) is 5.47. The molecule has 0 saturated carbocycles. The Labute approximate surface area is 110 Å². The normalized spacial score (nSPS) is 10.2. The fourth-order valence-corrected chi connectivity index (χ4v) is 2.73. The summed E-state index contributed by atoms with van der Waals surface area (Å²) in [6.07, 6.45) is 5.00. The summed E-state index contributed by atoms with van der Waals surface area (Å²) in [4.78, 5) is 15.3. The first kappa shape index (κ1) is 14.4. The summed E-state index contributed by atoms with van der Waals surface area (Å²) in [5, 5.41) is 0.976. The van der Waals surface area contributed by atoms with Crippen molar-refractivity contribution in [2.75, 3.05) is 12.4 Å². The molecule has 17 heavy (non-hydrogen) atoms. The van der Waals surface area contributed by atoms with Crippen LogP contribution in [0.1, 0.15) is 19.8 Å². The lowest BCUT2D eigenvalue weighted by Gasteiger charge is -2.05. The first-order valence-corrected chi connectivity index (χ1v) is 7.78. The van der Waals surface area contributed by atoms with Gasteiger partial charge in [-0.3, -0.25) is 4.79 Å². The minimum atomic E-state index is -0.119. The Morgan fingerprint density at radius 3 is 3.12 bits per heavy atom. The van der Waals surface area contributed by atoms with Crippen LogP contribution in [0.25, 0.3) is 0 Å². The summed E-state index contributed by atoms with van der Waals surface area (Å²) >= 11 is 0. The molecular formula is C12H16NO2S2-. The van der Waals surface area contributed by atoms with Gasteiger partial charge in [-0.25, -0.2) is 4.98 Å². The van der Waals surface area contributed by atoms with Crippen LogP contribution in [0.15, 0.2) is 29.4 Å². The Morgan fingerprint density at radius 2 is 2.41 bits per heavy atom. The van der Waals surface area contributed by atoms with E-state index < -0.39 is 0 Å². The van der Waals surface area contributed by atoms with Gasteiger partial charge in [-0.15, -0.1) is 0 Å². The smallest absolute Gasteiger partial charge is 0.303 e. The fourth-order valence-electron chi connectivity index (χ4n) is 1.02. The van der Waals surface area contributed by atoms with Crippen LogP contribution >= 0.6 is 21.6 Å². The van der Waals surface area contributed by atoms with Crippen LogP contribution in [-0.2, 0) is 9.53 Å². The second-order valence-corrected chi connectivity index (χ2v) is 5.68. The maximum Gasteiger partial charge on any atom is 0.303 e. The van der Waals surface area contributed by atoms with Crippen molar-refractivity contribution in [1.82, 2.24) is 4.98 Å². The molecule has 0 aliphatic carbocycles. The Hall–Kier alpha value is -0.680. The molecule has 0 aliphatic rings. The number of ether oxygens (including phenoxy) is 1. The molecule has 0 atom stereocenters. The van der Waals surface area contributed by atoms with Crippen molar-refractivity contribution in [2.24, 2.45) is 0 Å². The maximum absolute atomic E-state index is 11.2. The molecule has 0 aromatic carbocycles. The quantitative estimate of drug-likeness (QED) is 0.313. The minimum absolute atomic E-state index is 0.119. The number of unbranched alkanes of at least 4 members (excludes halogenated alkanes) is 1. The van der Waals surface area contributed by atoms with Gasteiger partial charge in [0.1, 0.15) is 11.6 Å². The van der Waals surface area contributed by atoms with Gasteiger partial charge in [0.25, 0.3) is 0 Å². The minimum Gasteiger partial charge on any atom is -0.465 e. The van der Waals surface area contributed by atoms with Crippen LogP contribution in [0.2, 0.25) is 0 Å². The number of aromatic nitrogens is 1. The van der Waals surface area contributed by atoms with Crippen LogP contribution in [0.5, 0.6) is 0 Å². The zero-order chi connectivity index (χ0) is 12.3. The summed E-state index contributed by atoms with van der Waals surface area (Å²) in [6, 6.07) is 5.80. The van der Waals surface area contributed by atoms with Crippen LogP contribution in [-0.4, -0.2) is 23.3 Å². The molecule has 0 radical (unpaired) electrons. The third kappa shape index (κ3) is 7.28. The van der Waals surface area contributed by atoms with E-state index in [1.165, 1.54) is 0 Å². The topological polar surface area (TPSA) is 39.2 Å². The van der Waals surface area contributed by atoms with Gasteiger partial charge in [0.2, 0.25) is 0 Å². The molecular weight excluding hydrogens is 254 g/mol. The molecule has 0 aliphatic heterocycles. The van der Waals surface area contributed by atoms with Gasteiger partial charge in [-0.1, -0.05) is 16.9 Å². The van der Waals surface area contributed by atoms with Crippen molar-refractivity contribution in [3.8, 4) is 0 Å². The zero-order valence-electron chi connectivity index (χ0n) is 9.80. The number of esters is 1. The average Bonchev–Trinajstić information content (AvgIpc) is 2.37. The Kier molecular flexibility index (Phi) is 7.92. The second kappa shape index (κ2) is 9.36. The summed E-state index contributed by atoms with van der Waals surface area (Å²) in [5.74, 6) is 0.662. The van der Waals surface area contributed by atoms with E-state index in [1.807, 2.05) is 31.5 Å². The SMILES string of the molecule is C[CH-]CCC(=O)OCCSSc1ccccn1. The number of carbonyl (C=O) groups is 1. The van der Waals surface area contributed by atoms with E-state index in [4.69, 9.17) is 4.74 Å². The van der Waals surface area contributed by atoms with Gasteiger partial charge in [0.15, 0.2) is 0 Å². The molecule has 0 unspecified atom stereocenters. The van der Waals surface area contributed by atoms with E-state index in [0.717, 1.165) is 17.2 Å². The van der Waals surface area contributed by atoms with Crippen LogP contribution in [0, 0.1) is 6.42 Å². The molecule has 1 aromatic heterocycles. The van der Waals surface area contributed by atoms with Crippen LogP contribution in [0.3, 0.4) is 0 Å². The van der Waals surface area contributed by atoms with E-state index >= 15 is 0 Å². The molecule has 0 spiro atoms. The highest BCUT2D eigenvalue weighted by Crippen LogP contribution is 2.28. The van der Waals surface area contributed by atoms with E-state index in [1.54, 1.807) is 27.8 Å². The maximum atomic E-state index is 11.2. The van der Waals surface area contributed by atoms with Gasteiger partial charge < -0.3 is 11.2 Å². The number of nitrogens with zero attached hydrogens (tertiary/aromatic N) is 1. The van der Waals surface area contributed by atoms with Gasteiger partial charge >= 0.3 is 5.97 Å². The predicted molar refractivity (Wildman–Crippen MR) is 72.7 cm³/mol. The van der Waals surface area contributed by atoms with Crippen molar-refractivity contribution in [1.29, 1.82) is 0 Å².